The Hall–Kier alpha value is -3.07. The minimum atomic E-state index is 0.986. The van der Waals surface area contributed by atoms with E-state index in [0.29, 0.717) is 0 Å². The first-order chi connectivity index (χ1) is 11.3. The second kappa shape index (κ2) is 5.61. The van der Waals surface area contributed by atoms with Gasteiger partial charge in [-0.25, -0.2) is 4.98 Å². The molecule has 112 valence electrons. The lowest BCUT2D eigenvalue weighted by Crippen LogP contribution is -2.10. The summed E-state index contributed by atoms with van der Waals surface area (Å²) < 4.78 is 0. The molecule has 0 aliphatic rings. The SMILES string of the molecule is Cc1ccccc1NNc1c2ccccc2nc2ccccc12. The van der Waals surface area contributed by atoms with Crippen LogP contribution < -0.4 is 10.9 Å². The molecular weight excluding hydrogens is 282 g/mol. The molecule has 0 spiro atoms. The highest BCUT2D eigenvalue weighted by Crippen LogP contribution is 2.30. The predicted octanol–water partition coefficient (Wildman–Crippen LogP) is 5.14. The number of para-hydroxylation sites is 3. The van der Waals surface area contributed by atoms with Crippen LogP contribution in [-0.4, -0.2) is 4.98 Å². The van der Waals surface area contributed by atoms with Crippen LogP contribution in [-0.2, 0) is 0 Å². The van der Waals surface area contributed by atoms with Gasteiger partial charge in [0.05, 0.1) is 22.4 Å². The molecule has 0 atom stereocenters. The van der Waals surface area contributed by atoms with E-state index in [4.69, 9.17) is 4.98 Å². The average Bonchev–Trinajstić information content (AvgIpc) is 2.60. The number of fused-ring (bicyclic) bond motifs is 2. The average molecular weight is 299 g/mol. The van der Waals surface area contributed by atoms with Gasteiger partial charge in [0.15, 0.2) is 0 Å². The van der Waals surface area contributed by atoms with Gasteiger partial charge in [-0.2, -0.15) is 0 Å². The van der Waals surface area contributed by atoms with Crippen molar-refractivity contribution in [3.05, 3.63) is 78.4 Å². The van der Waals surface area contributed by atoms with E-state index in [2.05, 4.69) is 42.0 Å². The topological polar surface area (TPSA) is 37.0 Å². The summed E-state index contributed by atoms with van der Waals surface area (Å²) in [6.07, 6.45) is 0. The third-order valence-electron chi connectivity index (χ3n) is 4.05. The standard InChI is InChI=1S/C20H17N3/c1-14-8-2-5-11-17(14)22-23-20-15-9-3-6-12-18(15)21-19-13-7-4-10-16(19)20/h2-13,22H,1H3,(H,21,23). The number of hydrogen-bond donors (Lipinski definition) is 2. The third-order valence-corrected chi connectivity index (χ3v) is 4.05. The molecule has 3 aromatic carbocycles. The zero-order chi connectivity index (χ0) is 15.6. The van der Waals surface area contributed by atoms with Crippen molar-refractivity contribution in [2.75, 3.05) is 10.9 Å². The van der Waals surface area contributed by atoms with E-state index >= 15 is 0 Å². The molecule has 2 N–H and O–H groups in total. The number of nitrogens with one attached hydrogen (secondary N) is 2. The number of pyridine rings is 1. The van der Waals surface area contributed by atoms with Gasteiger partial charge in [0.1, 0.15) is 0 Å². The summed E-state index contributed by atoms with van der Waals surface area (Å²) in [6.45, 7) is 2.09. The van der Waals surface area contributed by atoms with Gasteiger partial charge in [-0.1, -0.05) is 54.6 Å². The molecule has 0 aliphatic heterocycles. The van der Waals surface area contributed by atoms with E-state index < -0.39 is 0 Å². The molecule has 0 unspecified atom stereocenters. The van der Waals surface area contributed by atoms with E-state index in [1.165, 1.54) is 5.56 Å². The summed E-state index contributed by atoms with van der Waals surface area (Å²) in [5, 5.41) is 2.21. The smallest absolute Gasteiger partial charge is 0.0731 e. The molecule has 3 heteroatoms. The van der Waals surface area contributed by atoms with Crippen LogP contribution in [0.2, 0.25) is 0 Å². The van der Waals surface area contributed by atoms with Crippen LogP contribution in [0, 0.1) is 6.92 Å². The highest BCUT2D eigenvalue weighted by atomic mass is 15.4. The van der Waals surface area contributed by atoms with E-state index in [0.717, 1.165) is 33.2 Å². The summed E-state index contributed by atoms with van der Waals surface area (Å²) in [5.74, 6) is 0. The molecule has 0 bridgehead atoms. The van der Waals surface area contributed by atoms with Gasteiger partial charge in [0, 0.05) is 10.8 Å². The molecule has 0 fully saturated rings. The second-order valence-electron chi connectivity index (χ2n) is 5.59. The second-order valence-corrected chi connectivity index (χ2v) is 5.59. The Balaban J connectivity index is 1.84. The summed E-state index contributed by atoms with van der Waals surface area (Å²) >= 11 is 0. The molecular formula is C20H17N3. The van der Waals surface area contributed by atoms with Crippen LogP contribution in [0.1, 0.15) is 5.56 Å². The summed E-state index contributed by atoms with van der Waals surface area (Å²) in [4.78, 5) is 4.74. The van der Waals surface area contributed by atoms with Crippen molar-refractivity contribution in [3.63, 3.8) is 0 Å². The summed E-state index contributed by atoms with van der Waals surface area (Å²) in [5.41, 5.74) is 12.0. The van der Waals surface area contributed by atoms with Crippen molar-refractivity contribution in [3.8, 4) is 0 Å². The van der Waals surface area contributed by atoms with Crippen molar-refractivity contribution in [1.82, 2.24) is 4.98 Å². The van der Waals surface area contributed by atoms with Gasteiger partial charge < -0.3 is 5.43 Å². The fraction of sp³-hybridized carbons (Fsp3) is 0.0500. The normalized spacial score (nSPS) is 10.8. The van der Waals surface area contributed by atoms with Crippen LogP contribution >= 0.6 is 0 Å². The summed E-state index contributed by atoms with van der Waals surface area (Å²) in [6, 6.07) is 24.6. The molecule has 1 aromatic heterocycles. The molecule has 23 heavy (non-hydrogen) atoms. The molecule has 3 nitrogen and oxygen atoms in total. The zero-order valence-electron chi connectivity index (χ0n) is 12.9. The van der Waals surface area contributed by atoms with Gasteiger partial charge in [-0.15, -0.1) is 0 Å². The van der Waals surface area contributed by atoms with Gasteiger partial charge in [-0.05, 0) is 30.7 Å². The lowest BCUT2D eigenvalue weighted by molar-refractivity contribution is 1.37. The number of aromatic nitrogens is 1. The van der Waals surface area contributed by atoms with Crippen molar-refractivity contribution in [2.45, 2.75) is 6.92 Å². The number of benzene rings is 3. The van der Waals surface area contributed by atoms with Gasteiger partial charge >= 0.3 is 0 Å². The highest BCUT2D eigenvalue weighted by molar-refractivity contribution is 6.07. The van der Waals surface area contributed by atoms with E-state index in [1.807, 2.05) is 48.5 Å². The van der Waals surface area contributed by atoms with E-state index in [-0.39, 0.29) is 0 Å². The van der Waals surface area contributed by atoms with Crippen LogP contribution in [0.15, 0.2) is 72.8 Å². The maximum absolute atomic E-state index is 4.74. The minimum absolute atomic E-state index is 0.986. The quantitative estimate of drug-likeness (QED) is 0.406. The minimum Gasteiger partial charge on any atom is -0.301 e. The van der Waals surface area contributed by atoms with E-state index in [9.17, 15) is 0 Å². The molecule has 4 aromatic rings. The Morgan fingerprint density at radius 3 is 1.87 bits per heavy atom. The monoisotopic (exact) mass is 299 g/mol. The first-order valence-corrected chi connectivity index (χ1v) is 7.68. The molecule has 4 rings (SSSR count). The van der Waals surface area contributed by atoms with Crippen LogP contribution in [0.4, 0.5) is 11.4 Å². The first-order valence-electron chi connectivity index (χ1n) is 7.68. The molecule has 1 heterocycles. The number of rotatable bonds is 3. The largest absolute Gasteiger partial charge is 0.301 e. The van der Waals surface area contributed by atoms with Crippen molar-refractivity contribution in [2.24, 2.45) is 0 Å². The van der Waals surface area contributed by atoms with Gasteiger partial charge in [0.2, 0.25) is 0 Å². The Labute approximate surface area is 135 Å². The number of hydrogen-bond acceptors (Lipinski definition) is 3. The number of hydrazine groups is 1. The Kier molecular flexibility index (Phi) is 3.31. The van der Waals surface area contributed by atoms with E-state index in [1.54, 1.807) is 0 Å². The van der Waals surface area contributed by atoms with Crippen LogP contribution in [0.5, 0.6) is 0 Å². The number of anilines is 2. The molecule has 0 amide bonds. The maximum Gasteiger partial charge on any atom is 0.0731 e. The first kappa shape index (κ1) is 13.6. The lowest BCUT2D eigenvalue weighted by atomic mass is 10.1. The number of aryl methyl sites for hydroxylation is 1. The molecule has 0 radical (unpaired) electrons. The van der Waals surface area contributed by atoms with Crippen molar-refractivity contribution < 1.29 is 0 Å². The molecule has 0 saturated heterocycles. The van der Waals surface area contributed by atoms with Crippen LogP contribution in [0.25, 0.3) is 21.8 Å². The molecule has 0 aliphatic carbocycles. The predicted molar refractivity (Wildman–Crippen MR) is 97.7 cm³/mol. The summed E-state index contributed by atoms with van der Waals surface area (Å²) in [7, 11) is 0. The Morgan fingerprint density at radius 2 is 1.22 bits per heavy atom. The Morgan fingerprint density at radius 1 is 0.652 bits per heavy atom. The number of nitrogens with zero attached hydrogens (tertiary/aromatic N) is 1. The van der Waals surface area contributed by atoms with Crippen molar-refractivity contribution in [1.29, 1.82) is 0 Å². The third kappa shape index (κ3) is 2.46. The fourth-order valence-corrected chi connectivity index (χ4v) is 2.82. The van der Waals surface area contributed by atoms with Gasteiger partial charge in [-0.3, -0.25) is 5.43 Å². The highest BCUT2D eigenvalue weighted by Gasteiger charge is 2.08. The van der Waals surface area contributed by atoms with Crippen LogP contribution in [0.3, 0.4) is 0 Å². The Bertz CT molecular complexity index is 938. The zero-order valence-corrected chi connectivity index (χ0v) is 12.9. The fourth-order valence-electron chi connectivity index (χ4n) is 2.82. The molecule has 0 saturated carbocycles. The lowest BCUT2D eigenvalue weighted by Gasteiger charge is -2.16. The van der Waals surface area contributed by atoms with Crippen molar-refractivity contribution >= 4 is 33.2 Å². The van der Waals surface area contributed by atoms with Gasteiger partial charge in [0.25, 0.3) is 0 Å². The maximum atomic E-state index is 4.74.